The lowest BCUT2D eigenvalue weighted by atomic mass is 9.89. The summed E-state index contributed by atoms with van der Waals surface area (Å²) in [5.41, 5.74) is -1.05. The Kier molecular flexibility index (Phi) is 8.45. The molecule has 0 aliphatic carbocycles. The molecule has 0 radical (unpaired) electrons. The van der Waals surface area contributed by atoms with Gasteiger partial charge in [0.15, 0.2) is 0 Å². The van der Waals surface area contributed by atoms with E-state index in [1.807, 2.05) is 0 Å². The van der Waals surface area contributed by atoms with Gasteiger partial charge in [0.1, 0.15) is 23.1 Å². The first-order valence-electron chi connectivity index (χ1n) is 12.1. The molecule has 0 atom stereocenters. The number of benzene rings is 1. The highest BCUT2D eigenvalue weighted by atomic mass is 35.5. The molecule has 4 rings (SSSR count). The molecule has 13 heteroatoms. The highest BCUT2D eigenvalue weighted by Gasteiger charge is 2.33. The van der Waals surface area contributed by atoms with E-state index in [2.05, 4.69) is 10.3 Å². The lowest BCUT2D eigenvalue weighted by molar-refractivity contribution is -0.141. The van der Waals surface area contributed by atoms with Crippen LogP contribution in [0.3, 0.4) is 0 Å². The lowest BCUT2D eigenvalue weighted by Crippen LogP contribution is -2.39. The SMILES string of the molecule is Cc1nc(C(F)(F)F)ccc1Nc1c(C(=O)N2CCC(c3ccc(F)cc3)CC2)cn(OCCO)c(=O)c1Cl. The summed E-state index contributed by atoms with van der Waals surface area (Å²) in [6, 6.07) is 8.12. The largest absolute Gasteiger partial charge is 0.433 e. The van der Waals surface area contributed by atoms with Crippen molar-refractivity contribution in [1.29, 1.82) is 0 Å². The maximum atomic E-state index is 13.7. The molecule has 0 bridgehead atoms. The van der Waals surface area contributed by atoms with Crippen LogP contribution in [0.2, 0.25) is 5.02 Å². The molecule has 1 amide bonds. The number of aromatic nitrogens is 2. The Hall–Kier alpha value is -3.64. The van der Waals surface area contributed by atoms with Crippen LogP contribution in [0.25, 0.3) is 0 Å². The predicted molar refractivity (Wildman–Crippen MR) is 136 cm³/mol. The van der Waals surface area contributed by atoms with E-state index in [0.717, 1.165) is 28.6 Å². The predicted octanol–water partition coefficient (Wildman–Crippen LogP) is 4.55. The molecule has 0 spiro atoms. The number of halogens is 5. The first-order chi connectivity index (χ1) is 18.5. The average molecular weight is 569 g/mol. The van der Waals surface area contributed by atoms with Crippen LogP contribution in [0.5, 0.6) is 0 Å². The fourth-order valence-electron chi connectivity index (χ4n) is 4.39. The van der Waals surface area contributed by atoms with Gasteiger partial charge in [-0.25, -0.2) is 9.37 Å². The van der Waals surface area contributed by atoms with Gasteiger partial charge in [0.25, 0.3) is 5.91 Å². The first-order valence-corrected chi connectivity index (χ1v) is 12.4. The molecule has 1 saturated heterocycles. The van der Waals surface area contributed by atoms with Crippen LogP contribution in [0.15, 0.2) is 47.4 Å². The number of nitrogens with zero attached hydrogens (tertiary/aromatic N) is 3. The monoisotopic (exact) mass is 568 g/mol. The van der Waals surface area contributed by atoms with Crippen molar-refractivity contribution in [2.75, 3.05) is 31.6 Å². The third kappa shape index (κ3) is 6.34. The average Bonchev–Trinajstić information content (AvgIpc) is 2.91. The van der Waals surface area contributed by atoms with Crippen LogP contribution in [0, 0.1) is 12.7 Å². The fourth-order valence-corrected chi connectivity index (χ4v) is 4.62. The number of pyridine rings is 2. The van der Waals surface area contributed by atoms with Gasteiger partial charge in [-0.05, 0) is 55.5 Å². The molecule has 3 aromatic rings. The number of nitrogens with one attached hydrogen (secondary N) is 1. The lowest BCUT2D eigenvalue weighted by Gasteiger charge is -2.33. The maximum absolute atomic E-state index is 13.7. The number of alkyl halides is 3. The van der Waals surface area contributed by atoms with Gasteiger partial charge < -0.3 is 20.2 Å². The number of carbonyl (C=O) groups is 1. The third-order valence-corrected chi connectivity index (χ3v) is 6.79. The van der Waals surface area contributed by atoms with Crippen molar-refractivity contribution in [2.45, 2.75) is 31.9 Å². The van der Waals surface area contributed by atoms with Gasteiger partial charge in [-0.1, -0.05) is 23.7 Å². The zero-order chi connectivity index (χ0) is 28.3. The zero-order valence-electron chi connectivity index (χ0n) is 20.8. The van der Waals surface area contributed by atoms with E-state index in [1.54, 1.807) is 17.0 Å². The standard InChI is InChI=1S/C26H25ClF4N4O4/c1-15-20(6-7-21(32-15)26(29,30)31)33-23-19(14-35(39-13-12-36)25(38)22(23)27)24(37)34-10-8-17(9-11-34)16-2-4-18(28)5-3-16/h2-7,14,17,33,36H,8-13H2,1H3. The summed E-state index contributed by atoms with van der Waals surface area (Å²) in [5, 5.41) is 11.5. The zero-order valence-corrected chi connectivity index (χ0v) is 21.5. The number of anilines is 2. The molecular weight excluding hydrogens is 544 g/mol. The number of amides is 1. The van der Waals surface area contributed by atoms with E-state index < -0.39 is 35.0 Å². The van der Waals surface area contributed by atoms with E-state index in [1.165, 1.54) is 19.1 Å². The van der Waals surface area contributed by atoms with Crippen molar-refractivity contribution in [2.24, 2.45) is 0 Å². The number of hydrogen-bond acceptors (Lipinski definition) is 6. The third-order valence-electron chi connectivity index (χ3n) is 6.43. The Morgan fingerprint density at radius 2 is 1.85 bits per heavy atom. The van der Waals surface area contributed by atoms with Gasteiger partial charge >= 0.3 is 11.7 Å². The summed E-state index contributed by atoms with van der Waals surface area (Å²) in [6.07, 6.45) is -2.30. The summed E-state index contributed by atoms with van der Waals surface area (Å²) in [6.45, 7) is 1.41. The van der Waals surface area contributed by atoms with Gasteiger partial charge in [0.2, 0.25) is 0 Å². The number of aliphatic hydroxyl groups is 1. The molecular formula is C26H25ClF4N4O4. The van der Waals surface area contributed by atoms with Crippen LogP contribution >= 0.6 is 11.6 Å². The maximum Gasteiger partial charge on any atom is 0.433 e. The Morgan fingerprint density at radius 3 is 2.44 bits per heavy atom. The van der Waals surface area contributed by atoms with E-state index in [-0.39, 0.29) is 41.0 Å². The minimum absolute atomic E-state index is 0.0277. The quantitative estimate of drug-likeness (QED) is 0.406. The number of carbonyl (C=O) groups excluding carboxylic acids is 1. The molecule has 0 saturated carbocycles. The molecule has 3 heterocycles. The summed E-state index contributed by atoms with van der Waals surface area (Å²) < 4.78 is 53.3. The Morgan fingerprint density at radius 1 is 1.18 bits per heavy atom. The molecule has 208 valence electrons. The molecule has 8 nitrogen and oxygen atoms in total. The summed E-state index contributed by atoms with van der Waals surface area (Å²) in [4.78, 5) is 36.8. The summed E-state index contributed by atoms with van der Waals surface area (Å²) in [7, 11) is 0. The normalized spacial score (nSPS) is 14.4. The number of piperidine rings is 1. The van der Waals surface area contributed by atoms with E-state index in [4.69, 9.17) is 21.5 Å². The highest BCUT2D eigenvalue weighted by molar-refractivity contribution is 6.34. The van der Waals surface area contributed by atoms with Crippen molar-refractivity contribution >= 4 is 28.9 Å². The van der Waals surface area contributed by atoms with Crippen LogP contribution in [-0.2, 0) is 6.18 Å². The topological polar surface area (TPSA) is 96.7 Å². The Balaban J connectivity index is 1.65. The highest BCUT2D eigenvalue weighted by Crippen LogP contribution is 2.34. The number of likely N-dealkylation sites (tertiary alicyclic amines) is 1. The minimum Gasteiger partial charge on any atom is -0.408 e. The molecule has 1 fully saturated rings. The molecule has 1 aliphatic rings. The number of hydrogen-bond donors (Lipinski definition) is 2. The van der Waals surface area contributed by atoms with Crippen LogP contribution in [0.4, 0.5) is 28.9 Å². The van der Waals surface area contributed by atoms with E-state index in [0.29, 0.717) is 25.9 Å². The minimum atomic E-state index is -4.65. The number of aryl methyl sites for hydroxylation is 1. The van der Waals surface area contributed by atoms with E-state index >= 15 is 0 Å². The summed E-state index contributed by atoms with van der Waals surface area (Å²) in [5.74, 6) is -0.699. The van der Waals surface area contributed by atoms with Crippen molar-refractivity contribution in [3.05, 3.63) is 86.3 Å². The molecule has 1 aromatic carbocycles. The van der Waals surface area contributed by atoms with Crippen molar-refractivity contribution in [3.8, 4) is 0 Å². The second kappa shape index (κ2) is 11.6. The van der Waals surface area contributed by atoms with Crippen molar-refractivity contribution < 1.29 is 32.3 Å². The molecule has 2 N–H and O–H groups in total. The van der Waals surface area contributed by atoms with Gasteiger partial charge in [-0.2, -0.15) is 17.9 Å². The van der Waals surface area contributed by atoms with Crippen molar-refractivity contribution in [1.82, 2.24) is 14.6 Å². The van der Waals surface area contributed by atoms with Crippen LogP contribution < -0.4 is 15.7 Å². The molecule has 2 aromatic heterocycles. The van der Waals surface area contributed by atoms with E-state index in [9.17, 15) is 27.2 Å². The van der Waals surface area contributed by atoms with Crippen LogP contribution in [-0.4, -0.2) is 51.9 Å². The van der Waals surface area contributed by atoms with Gasteiger partial charge in [-0.15, -0.1) is 0 Å². The molecule has 1 aliphatic heterocycles. The molecule has 0 unspecified atom stereocenters. The smallest absolute Gasteiger partial charge is 0.408 e. The van der Waals surface area contributed by atoms with Gasteiger partial charge in [0.05, 0.1) is 35.4 Å². The van der Waals surface area contributed by atoms with Crippen LogP contribution in [0.1, 0.15) is 46.1 Å². The van der Waals surface area contributed by atoms with Gasteiger partial charge in [-0.3, -0.25) is 9.59 Å². The number of aliphatic hydroxyl groups excluding tert-OH is 1. The number of rotatable bonds is 7. The Bertz CT molecular complexity index is 1400. The summed E-state index contributed by atoms with van der Waals surface area (Å²) >= 11 is 6.35. The van der Waals surface area contributed by atoms with Gasteiger partial charge in [0, 0.05) is 13.1 Å². The second-order valence-electron chi connectivity index (χ2n) is 8.99. The molecule has 39 heavy (non-hydrogen) atoms. The second-order valence-corrected chi connectivity index (χ2v) is 9.37. The first kappa shape index (κ1) is 28.4. The fraction of sp³-hybridized carbons (Fsp3) is 0.346. The van der Waals surface area contributed by atoms with Crippen molar-refractivity contribution in [3.63, 3.8) is 0 Å². The Labute approximate surface area is 225 Å².